The minimum atomic E-state index is -0.998. The van der Waals surface area contributed by atoms with Crippen molar-refractivity contribution < 1.29 is 29.3 Å². The molecule has 0 saturated heterocycles. The summed E-state index contributed by atoms with van der Waals surface area (Å²) < 4.78 is 10.2. The molecule has 1 atom stereocenters. The molecule has 232 valence electrons. The highest BCUT2D eigenvalue weighted by atomic mass is 16.5. The summed E-state index contributed by atoms with van der Waals surface area (Å²) in [5.41, 5.74) is 3.12. The largest absolute Gasteiger partial charge is 0.497 e. The van der Waals surface area contributed by atoms with E-state index in [2.05, 4.69) is 20.8 Å². The quantitative estimate of drug-likeness (QED) is 0.0976. The summed E-state index contributed by atoms with van der Waals surface area (Å²) in [6, 6.07) is 17.1. The lowest BCUT2D eigenvalue weighted by Gasteiger charge is -2.14. The summed E-state index contributed by atoms with van der Waals surface area (Å²) in [4.78, 5) is 22.8. The van der Waals surface area contributed by atoms with Gasteiger partial charge in [-0.1, -0.05) is 121 Å². The Kier molecular flexibility index (Phi) is 19.2. The van der Waals surface area contributed by atoms with E-state index < -0.39 is 11.9 Å². The zero-order chi connectivity index (χ0) is 31.2. The summed E-state index contributed by atoms with van der Waals surface area (Å²) in [5.74, 6) is -0.526. The van der Waals surface area contributed by atoms with Crippen LogP contribution in [0.3, 0.4) is 0 Å². The molecular weight excluding hydrogens is 528 g/mol. The lowest BCUT2D eigenvalue weighted by Crippen LogP contribution is -2.08. The molecule has 1 unspecified atom stereocenters. The lowest BCUT2D eigenvalue weighted by atomic mass is 9.91. The number of benzene rings is 2. The molecule has 0 saturated carbocycles. The van der Waals surface area contributed by atoms with Gasteiger partial charge in [0.1, 0.15) is 5.75 Å². The Balaban J connectivity index is 0.000000420. The van der Waals surface area contributed by atoms with Gasteiger partial charge in [-0.2, -0.15) is 0 Å². The smallest absolute Gasteiger partial charge is 0.371 e. The molecule has 2 aromatic rings. The molecule has 2 aromatic carbocycles. The Hall–Kier alpha value is -3.54. The minimum absolute atomic E-state index is 0.0646. The highest BCUT2D eigenvalue weighted by molar-refractivity contribution is 5.94. The zero-order valence-electron chi connectivity index (χ0n) is 26.4. The third kappa shape index (κ3) is 14.4. The number of hydrogen-bond acceptors (Lipinski definition) is 4. The first-order valence-electron chi connectivity index (χ1n) is 15.4. The van der Waals surface area contributed by atoms with Crippen LogP contribution in [0.1, 0.15) is 109 Å². The van der Waals surface area contributed by atoms with Crippen molar-refractivity contribution in [2.24, 2.45) is 5.92 Å². The number of methoxy groups -OCH3 is 2. The third-order valence-electron chi connectivity index (χ3n) is 7.36. The molecule has 2 rings (SSSR count). The molecule has 6 nitrogen and oxygen atoms in total. The average molecular weight is 581 g/mol. The van der Waals surface area contributed by atoms with Crippen LogP contribution >= 0.6 is 0 Å². The maximum absolute atomic E-state index is 11.5. The van der Waals surface area contributed by atoms with Gasteiger partial charge in [0.05, 0.1) is 14.2 Å². The number of carboxylic acids is 2. The molecule has 0 aliphatic heterocycles. The van der Waals surface area contributed by atoms with E-state index in [0.29, 0.717) is 17.9 Å². The summed E-state index contributed by atoms with van der Waals surface area (Å²) in [6.07, 6.45) is 14.7. The normalized spacial score (nSPS) is 12.5. The van der Waals surface area contributed by atoms with Crippen LogP contribution in [-0.2, 0) is 14.3 Å². The van der Waals surface area contributed by atoms with Crippen LogP contribution in [0.4, 0.5) is 0 Å². The topological polar surface area (TPSA) is 93.1 Å². The summed E-state index contributed by atoms with van der Waals surface area (Å²) in [7, 11) is 3.04. The molecule has 2 N–H and O–H groups in total. The summed E-state index contributed by atoms with van der Waals surface area (Å²) in [6.45, 7) is 6.50. The first kappa shape index (κ1) is 36.5. The third-order valence-corrected chi connectivity index (χ3v) is 7.36. The number of carbonyl (C=O) groups is 2. The fourth-order valence-corrected chi connectivity index (χ4v) is 4.81. The molecule has 0 amide bonds. The van der Waals surface area contributed by atoms with Gasteiger partial charge in [0.2, 0.25) is 5.76 Å². The van der Waals surface area contributed by atoms with Crippen LogP contribution in [-0.4, -0.2) is 36.4 Å². The van der Waals surface area contributed by atoms with Crippen molar-refractivity contribution in [2.75, 3.05) is 14.2 Å². The molecule has 6 heteroatoms. The van der Waals surface area contributed by atoms with E-state index in [0.717, 1.165) is 67.4 Å². The second-order valence-electron chi connectivity index (χ2n) is 10.6. The van der Waals surface area contributed by atoms with Crippen molar-refractivity contribution in [3.05, 3.63) is 77.1 Å². The van der Waals surface area contributed by atoms with E-state index in [9.17, 15) is 19.8 Å². The fourth-order valence-electron chi connectivity index (χ4n) is 4.81. The van der Waals surface area contributed by atoms with Crippen molar-refractivity contribution in [2.45, 2.75) is 97.8 Å². The van der Waals surface area contributed by atoms with Gasteiger partial charge in [-0.25, -0.2) is 9.59 Å². The van der Waals surface area contributed by atoms with Crippen LogP contribution in [0, 0.1) is 5.92 Å². The Morgan fingerprint density at radius 3 is 1.93 bits per heavy atom. The van der Waals surface area contributed by atoms with E-state index in [4.69, 9.17) is 9.47 Å². The van der Waals surface area contributed by atoms with Crippen molar-refractivity contribution in [1.82, 2.24) is 0 Å². The molecular formula is C36H52O6. The second kappa shape index (κ2) is 22.1. The van der Waals surface area contributed by atoms with Crippen LogP contribution in [0.25, 0.3) is 11.6 Å². The number of ether oxygens (including phenoxy) is 2. The average Bonchev–Trinajstić information content (AvgIpc) is 3.00. The van der Waals surface area contributed by atoms with Gasteiger partial charge in [0, 0.05) is 11.1 Å². The molecule has 0 heterocycles. The van der Waals surface area contributed by atoms with Crippen LogP contribution in [0.5, 0.6) is 5.75 Å². The summed E-state index contributed by atoms with van der Waals surface area (Å²) in [5, 5.41) is 18.7. The van der Waals surface area contributed by atoms with Crippen molar-refractivity contribution in [3.63, 3.8) is 0 Å². The molecule has 42 heavy (non-hydrogen) atoms. The second-order valence-corrected chi connectivity index (χ2v) is 10.6. The van der Waals surface area contributed by atoms with E-state index >= 15 is 0 Å². The summed E-state index contributed by atoms with van der Waals surface area (Å²) >= 11 is 0. The molecule has 0 aliphatic rings. The Bertz CT molecular complexity index is 1090. The number of hydrogen-bond donors (Lipinski definition) is 2. The number of allylic oxidation sites excluding steroid dienone is 1. The Labute approximate surface area is 253 Å². The van der Waals surface area contributed by atoms with E-state index in [-0.39, 0.29) is 5.76 Å². The monoisotopic (exact) mass is 580 g/mol. The number of aliphatic carboxylic acids is 2. The highest BCUT2D eigenvalue weighted by Gasteiger charge is 2.17. The molecule has 0 radical (unpaired) electrons. The van der Waals surface area contributed by atoms with Gasteiger partial charge in [0.15, 0.2) is 0 Å². The van der Waals surface area contributed by atoms with Gasteiger partial charge in [-0.05, 0) is 54.5 Å². The maximum Gasteiger partial charge on any atom is 0.371 e. The molecule has 0 bridgehead atoms. The van der Waals surface area contributed by atoms with E-state index in [1.54, 1.807) is 13.2 Å². The maximum atomic E-state index is 11.5. The van der Waals surface area contributed by atoms with Crippen molar-refractivity contribution in [1.29, 1.82) is 0 Å². The van der Waals surface area contributed by atoms with Crippen LogP contribution in [0.15, 0.2) is 65.9 Å². The number of unbranched alkanes of at least 4 members (excludes halogenated alkanes) is 6. The molecule has 0 aromatic heterocycles. The lowest BCUT2D eigenvalue weighted by molar-refractivity contribution is -0.136. The first-order valence-corrected chi connectivity index (χ1v) is 15.4. The van der Waals surface area contributed by atoms with Crippen molar-refractivity contribution >= 4 is 23.6 Å². The first-order chi connectivity index (χ1) is 20.3. The highest BCUT2D eigenvalue weighted by Crippen LogP contribution is 2.26. The van der Waals surface area contributed by atoms with Crippen molar-refractivity contribution in [3.8, 4) is 5.75 Å². The molecule has 0 aliphatic carbocycles. The van der Waals surface area contributed by atoms with Crippen LogP contribution < -0.4 is 4.74 Å². The predicted octanol–water partition coefficient (Wildman–Crippen LogP) is 9.65. The number of rotatable bonds is 19. The fraction of sp³-hybridized carbons (Fsp3) is 0.500. The van der Waals surface area contributed by atoms with Gasteiger partial charge in [0.25, 0.3) is 0 Å². The van der Waals surface area contributed by atoms with E-state index in [1.165, 1.54) is 32.8 Å². The standard InChI is InChI=1S/2C18H26O3/c1-4-6-7-14(5-2)12-16(18(19)20)13-15-8-10-17(21-3)11-9-15;1-3-4-5-6-7-11-14-16(17(21-2)18(19)20)15-12-9-8-10-13-15/h8-11,13-14H,4-7,12H2,1-3H3,(H,19,20);8-10,12-13H,3-7,11,14H2,1-2H3,(H,19,20)/b16-13+;. The SMILES string of the molecule is CCCCC(CC)C/C(=C\c1ccc(OC)cc1)C(=O)O.CCCCCCCCC(=C(OC)C(=O)O)c1ccccc1. The number of carboxylic acid groups (broad SMARTS) is 2. The molecule has 0 spiro atoms. The minimum Gasteiger partial charge on any atom is -0.497 e. The van der Waals surface area contributed by atoms with Gasteiger partial charge in [-0.15, -0.1) is 0 Å². The van der Waals surface area contributed by atoms with Gasteiger partial charge < -0.3 is 19.7 Å². The van der Waals surface area contributed by atoms with Gasteiger partial charge in [-0.3, -0.25) is 0 Å². The Morgan fingerprint density at radius 2 is 1.40 bits per heavy atom. The molecule has 0 fully saturated rings. The predicted molar refractivity (Wildman–Crippen MR) is 173 cm³/mol. The van der Waals surface area contributed by atoms with E-state index in [1.807, 2.05) is 54.6 Å². The van der Waals surface area contributed by atoms with Crippen LogP contribution in [0.2, 0.25) is 0 Å². The Morgan fingerprint density at radius 1 is 0.786 bits per heavy atom. The zero-order valence-corrected chi connectivity index (χ0v) is 26.4. The van der Waals surface area contributed by atoms with Gasteiger partial charge >= 0.3 is 11.9 Å².